The zero-order valence-electron chi connectivity index (χ0n) is 19.4. The molecule has 3 aromatic rings. The number of anilines is 1. The highest BCUT2D eigenvalue weighted by molar-refractivity contribution is 7.87. The van der Waals surface area contributed by atoms with Crippen LogP contribution in [0.4, 0.5) is 10.5 Å². The van der Waals surface area contributed by atoms with Crippen LogP contribution >= 0.6 is 0 Å². The Kier molecular flexibility index (Phi) is 6.89. The van der Waals surface area contributed by atoms with Crippen molar-refractivity contribution < 1.29 is 31.7 Å². The molecule has 0 saturated carbocycles. The Hall–Kier alpha value is -4.44. The molecule has 3 aromatic carbocycles. The molecule has 1 aliphatic rings. The van der Waals surface area contributed by atoms with Crippen molar-refractivity contribution in [2.24, 2.45) is 0 Å². The van der Waals surface area contributed by atoms with E-state index in [1.54, 1.807) is 24.3 Å². The maximum absolute atomic E-state index is 13.0. The molecule has 0 aliphatic carbocycles. The average molecular weight is 507 g/mol. The van der Waals surface area contributed by atoms with Gasteiger partial charge in [0, 0.05) is 0 Å². The number of carbonyl (C=O) groups excluding carboxylic acids is 3. The van der Waals surface area contributed by atoms with E-state index in [2.05, 4.69) is 5.32 Å². The summed E-state index contributed by atoms with van der Waals surface area (Å²) in [5.41, 5.74) is 1.35. The van der Waals surface area contributed by atoms with Crippen LogP contribution in [-0.4, -0.2) is 32.9 Å². The van der Waals surface area contributed by atoms with E-state index in [-0.39, 0.29) is 21.9 Å². The van der Waals surface area contributed by atoms with Gasteiger partial charge in [-0.05, 0) is 74.0 Å². The first kappa shape index (κ1) is 24.7. The monoisotopic (exact) mass is 506 g/mol. The van der Waals surface area contributed by atoms with Crippen LogP contribution in [0.2, 0.25) is 0 Å². The van der Waals surface area contributed by atoms with Gasteiger partial charge in [-0.25, -0.2) is 9.69 Å². The number of ether oxygens (including phenoxy) is 1. The zero-order chi connectivity index (χ0) is 25.9. The largest absolute Gasteiger partial charge is 0.494 e. The summed E-state index contributed by atoms with van der Waals surface area (Å²) in [6.07, 6.45) is 1.31. The molecule has 0 unspecified atom stereocenters. The Labute approximate surface area is 208 Å². The molecular formula is C26H22N2O7S. The van der Waals surface area contributed by atoms with Gasteiger partial charge >= 0.3 is 16.1 Å². The number of imide groups is 2. The molecule has 0 bridgehead atoms. The Balaban J connectivity index is 1.54. The summed E-state index contributed by atoms with van der Waals surface area (Å²) in [6, 6.07) is 17.5. The van der Waals surface area contributed by atoms with Crippen molar-refractivity contribution in [1.29, 1.82) is 0 Å². The van der Waals surface area contributed by atoms with Gasteiger partial charge in [-0.2, -0.15) is 8.42 Å². The number of urea groups is 1. The lowest BCUT2D eigenvalue weighted by atomic mass is 10.1. The summed E-state index contributed by atoms with van der Waals surface area (Å²) in [6.45, 7) is 4.14. The molecule has 1 heterocycles. The summed E-state index contributed by atoms with van der Waals surface area (Å²) in [4.78, 5) is 38.7. The predicted molar refractivity (Wildman–Crippen MR) is 132 cm³/mol. The Bertz CT molecular complexity index is 1440. The molecule has 10 heteroatoms. The van der Waals surface area contributed by atoms with E-state index in [1.165, 1.54) is 54.6 Å². The molecule has 184 valence electrons. The second-order valence-corrected chi connectivity index (χ2v) is 9.35. The number of nitrogens with one attached hydrogen (secondary N) is 1. The van der Waals surface area contributed by atoms with Crippen molar-refractivity contribution in [1.82, 2.24) is 5.32 Å². The number of carbonyl (C=O) groups is 3. The fourth-order valence-electron chi connectivity index (χ4n) is 3.42. The van der Waals surface area contributed by atoms with Crippen LogP contribution in [0.15, 0.2) is 83.3 Å². The standard InChI is InChI=1S/C26H22N2O7S/c1-3-34-20-12-8-19(9-13-20)28-25(30)23(24(29)27-26(28)31)16-18-6-10-21(11-7-18)35-36(32,33)22-14-4-17(2)5-15-22/h4-16H,3H2,1-2H3,(H,27,29,31)/b23-16+. The molecule has 36 heavy (non-hydrogen) atoms. The molecule has 1 N–H and O–H groups in total. The average Bonchev–Trinajstić information content (AvgIpc) is 2.84. The SMILES string of the molecule is CCOc1ccc(N2C(=O)NC(=O)/C(=C\c3ccc(OS(=O)(=O)c4ccc(C)cc4)cc3)C2=O)cc1. The van der Waals surface area contributed by atoms with Crippen molar-refractivity contribution in [3.05, 3.63) is 89.5 Å². The highest BCUT2D eigenvalue weighted by atomic mass is 32.2. The third kappa shape index (κ3) is 5.28. The normalized spacial score (nSPS) is 15.1. The van der Waals surface area contributed by atoms with E-state index in [1.807, 2.05) is 13.8 Å². The molecule has 0 atom stereocenters. The van der Waals surface area contributed by atoms with Gasteiger partial charge in [0.15, 0.2) is 0 Å². The number of nitrogens with zero attached hydrogens (tertiary/aromatic N) is 1. The number of amides is 4. The first-order valence-corrected chi connectivity index (χ1v) is 12.3. The van der Waals surface area contributed by atoms with E-state index in [4.69, 9.17) is 8.92 Å². The van der Waals surface area contributed by atoms with Crippen LogP contribution < -0.4 is 19.1 Å². The molecule has 9 nitrogen and oxygen atoms in total. The quantitative estimate of drug-likeness (QED) is 0.294. The fraction of sp³-hybridized carbons (Fsp3) is 0.115. The summed E-state index contributed by atoms with van der Waals surface area (Å²) in [5.74, 6) is -1.00. The highest BCUT2D eigenvalue weighted by Gasteiger charge is 2.36. The van der Waals surface area contributed by atoms with Gasteiger partial charge in [0.25, 0.3) is 11.8 Å². The molecule has 1 aliphatic heterocycles. The van der Waals surface area contributed by atoms with Crippen LogP contribution in [0, 0.1) is 6.92 Å². The van der Waals surface area contributed by atoms with Gasteiger partial charge in [0.05, 0.1) is 12.3 Å². The minimum absolute atomic E-state index is 0.0165. The van der Waals surface area contributed by atoms with Gasteiger partial charge in [-0.15, -0.1) is 0 Å². The molecule has 4 rings (SSSR count). The van der Waals surface area contributed by atoms with E-state index >= 15 is 0 Å². The smallest absolute Gasteiger partial charge is 0.339 e. The van der Waals surface area contributed by atoms with Crippen LogP contribution in [0.25, 0.3) is 6.08 Å². The third-order valence-electron chi connectivity index (χ3n) is 5.21. The zero-order valence-corrected chi connectivity index (χ0v) is 20.2. The van der Waals surface area contributed by atoms with Gasteiger partial charge in [0.2, 0.25) is 0 Å². The topological polar surface area (TPSA) is 119 Å². The Morgan fingerprint density at radius 3 is 2.08 bits per heavy atom. The van der Waals surface area contributed by atoms with Crippen LogP contribution in [-0.2, 0) is 19.7 Å². The predicted octanol–water partition coefficient (Wildman–Crippen LogP) is 3.83. The molecule has 4 amide bonds. The maximum atomic E-state index is 13.0. The van der Waals surface area contributed by atoms with Crippen molar-refractivity contribution in [3.63, 3.8) is 0 Å². The number of hydrogen-bond donors (Lipinski definition) is 1. The molecule has 1 saturated heterocycles. The van der Waals surface area contributed by atoms with E-state index in [0.29, 0.717) is 17.9 Å². The molecule has 0 radical (unpaired) electrons. The summed E-state index contributed by atoms with van der Waals surface area (Å²) >= 11 is 0. The van der Waals surface area contributed by atoms with E-state index < -0.39 is 28.0 Å². The van der Waals surface area contributed by atoms with Crippen LogP contribution in [0.1, 0.15) is 18.1 Å². The van der Waals surface area contributed by atoms with Crippen molar-refractivity contribution in [2.75, 3.05) is 11.5 Å². The molecule has 0 aromatic heterocycles. The van der Waals surface area contributed by atoms with Gasteiger partial charge in [-0.3, -0.25) is 14.9 Å². The van der Waals surface area contributed by atoms with Crippen molar-refractivity contribution in [2.45, 2.75) is 18.7 Å². The van der Waals surface area contributed by atoms with Crippen molar-refractivity contribution >= 4 is 39.7 Å². The third-order valence-corrected chi connectivity index (χ3v) is 6.48. The van der Waals surface area contributed by atoms with Gasteiger partial charge in [0.1, 0.15) is 22.0 Å². The van der Waals surface area contributed by atoms with Crippen LogP contribution in [0.5, 0.6) is 11.5 Å². The number of aryl methyl sites for hydroxylation is 1. The van der Waals surface area contributed by atoms with Crippen molar-refractivity contribution in [3.8, 4) is 11.5 Å². The van der Waals surface area contributed by atoms with Crippen LogP contribution in [0.3, 0.4) is 0 Å². The summed E-state index contributed by atoms with van der Waals surface area (Å²) < 4.78 is 35.5. The first-order chi connectivity index (χ1) is 17.2. The van der Waals surface area contributed by atoms with Gasteiger partial charge < -0.3 is 8.92 Å². The number of benzene rings is 3. The molecule has 1 fully saturated rings. The maximum Gasteiger partial charge on any atom is 0.339 e. The lowest BCUT2D eigenvalue weighted by Gasteiger charge is -2.26. The highest BCUT2D eigenvalue weighted by Crippen LogP contribution is 2.25. The van der Waals surface area contributed by atoms with E-state index in [0.717, 1.165) is 10.5 Å². The number of barbiturate groups is 1. The lowest BCUT2D eigenvalue weighted by Crippen LogP contribution is -2.54. The van der Waals surface area contributed by atoms with E-state index in [9.17, 15) is 22.8 Å². The summed E-state index contributed by atoms with van der Waals surface area (Å²) in [5, 5.41) is 2.16. The second kappa shape index (κ2) is 10.0. The fourth-order valence-corrected chi connectivity index (χ4v) is 4.35. The number of rotatable bonds is 7. The summed E-state index contributed by atoms with van der Waals surface area (Å²) in [7, 11) is -4.03. The lowest BCUT2D eigenvalue weighted by molar-refractivity contribution is -0.122. The Morgan fingerprint density at radius 1 is 0.861 bits per heavy atom. The van der Waals surface area contributed by atoms with Gasteiger partial charge in [-0.1, -0.05) is 29.8 Å². The molecular weight excluding hydrogens is 484 g/mol. The molecule has 0 spiro atoms. The first-order valence-electron chi connectivity index (χ1n) is 10.9. The Morgan fingerprint density at radius 2 is 1.47 bits per heavy atom. The minimum Gasteiger partial charge on any atom is -0.494 e. The second-order valence-electron chi connectivity index (χ2n) is 7.80. The number of hydrogen-bond acceptors (Lipinski definition) is 7. The minimum atomic E-state index is -4.03.